The summed E-state index contributed by atoms with van der Waals surface area (Å²) < 4.78 is 65.2. The second-order valence-electron chi connectivity index (χ2n) is 7.07. The monoisotopic (exact) mass is 494 g/mol. The van der Waals surface area contributed by atoms with Crippen LogP contribution in [0.15, 0.2) is 73.1 Å². The van der Waals surface area contributed by atoms with Gasteiger partial charge in [0.05, 0.1) is 17.3 Å². The van der Waals surface area contributed by atoms with Crippen molar-refractivity contribution in [3.8, 4) is 11.1 Å². The lowest BCUT2D eigenvalue weighted by Crippen LogP contribution is -2.10. The van der Waals surface area contributed by atoms with Gasteiger partial charge < -0.3 is 5.32 Å². The minimum atomic E-state index is -4.55. The van der Waals surface area contributed by atoms with Crippen molar-refractivity contribution in [1.29, 1.82) is 0 Å². The van der Waals surface area contributed by atoms with Gasteiger partial charge in [0.1, 0.15) is 5.82 Å². The number of rotatable bonds is 5. The summed E-state index contributed by atoms with van der Waals surface area (Å²) in [6.45, 7) is 0. The quantitative estimate of drug-likeness (QED) is 0.363. The van der Waals surface area contributed by atoms with Crippen LogP contribution in [0, 0.1) is 0 Å². The normalized spacial score (nSPS) is 11.6. The molecule has 0 saturated heterocycles. The van der Waals surface area contributed by atoms with E-state index in [1.807, 2.05) is 0 Å². The summed E-state index contributed by atoms with van der Waals surface area (Å²) in [6, 6.07) is 15.8. The molecule has 4 aromatic rings. The molecule has 0 radical (unpaired) electrons. The highest BCUT2D eigenvalue weighted by molar-refractivity contribution is 7.92. The number of pyridine rings is 2. The van der Waals surface area contributed by atoms with E-state index in [0.717, 1.165) is 23.4 Å². The van der Waals surface area contributed by atoms with Gasteiger partial charge in [-0.1, -0.05) is 18.2 Å². The summed E-state index contributed by atoms with van der Waals surface area (Å²) in [5.41, 5.74) is 2.06. The minimum absolute atomic E-state index is 0. The third kappa shape index (κ3) is 5.71. The molecule has 0 saturated carbocycles. The molecule has 172 valence electrons. The van der Waals surface area contributed by atoms with Crippen LogP contribution >= 0.6 is 12.4 Å². The van der Waals surface area contributed by atoms with Crippen LogP contribution in [0.25, 0.3) is 22.0 Å². The van der Waals surface area contributed by atoms with Gasteiger partial charge in [-0.3, -0.25) is 9.71 Å². The van der Waals surface area contributed by atoms with Gasteiger partial charge in [0.15, 0.2) is 0 Å². The number of alkyl halides is 3. The number of anilines is 3. The number of sulfonamides is 1. The molecule has 2 aromatic carbocycles. The van der Waals surface area contributed by atoms with Crippen molar-refractivity contribution in [2.45, 2.75) is 6.18 Å². The lowest BCUT2D eigenvalue weighted by molar-refractivity contribution is -0.137. The van der Waals surface area contributed by atoms with E-state index in [9.17, 15) is 21.6 Å². The highest BCUT2D eigenvalue weighted by Gasteiger charge is 2.34. The maximum absolute atomic E-state index is 13.4. The van der Waals surface area contributed by atoms with Gasteiger partial charge in [-0.2, -0.15) is 13.2 Å². The largest absolute Gasteiger partial charge is 0.419 e. The molecule has 2 heterocycles. The maximum Gasteiger partial charge on any atom is 0.419 e. The van der Waals surface area contributed by atoms with Crippen molar-refractivity contribution < 1.29 is 21.6 Å². The number of fused-ring (bicyclic) bond motifs is 1. The Morgan fingerprint density at radius 1 is 0.909 bits per heavy atom. The van der Waals surface area contributed by atoms with Crippen LogP contribution in [-0.2, 0) is 16.2 Å². The Kier molecular flexibility index (Phi) is 6.80. The Bertz CT molecular complexity index is 1400. The molecule has 6 nitrogen and oxygen atoms in total. The van der Waals surface area contributed by atoms with E-state index >= 15 is 0 Å². The summed E-state index contributed by atoms with van der Waals surface area (Å²) in [5.74, 6) is -0.297. The predicted octanol–water partition coefficient (Wildman–Crippen LogP) is 5.85. The Hall–Kier alpha value is -3.37. The number of nitrogens with zero attached hydrogens (tertiary/aromatic N) is 2. The van der Waals surface area contributed by atoms with Gasteiger partial charge in [0.25, 0.3) is 0 Å². The first-order valence-corrected chi connectivity index (χ1v) is 11.3. The van der Waals surface area contributed by atoms with E-state index in [1.165, 1.54) is 12.3 Å². The van der Waals surface area contributed by atoms with Crippen molar-refractivity contribution in [2.24, 2.45) is 0 Å². The third-order valence-electron chi connectivity index (χ3n) is 4.61. The zero-order valence-corrected chi connectivity index (χ0v) is 18.7. The average Bonchev–Trinajstić information content (AvgIpc) is 2.73. The van der Waals surface area contributed by atoms with Crippen molar-refractivity contribution >= 4 is 50.5 Å². The summed E-state index contributed by atoms with van der Waals surface area (Å²) in [5, 5.41) is 3.40. The van der Waals surface area contributed by atoms with Crippen molar-refractivity contribution in [2.75, 3.05) is 16.3 Å². The van der Waals surface area contributed by atoms with Crippen LogP contribution in [0.5, 0.6) is 0 Å². The summed E-state index contributed by atoms with van der Waals surface area (Å²) in [7, 11) is -3.39. The molecule has 0 aliphatic rings. The molecule has 0 bridgehead atoms. The molecule has 0 aliphatic carbocycles. The number of aromatic nitrogens is 2. The number of hydrogen-bond donors (Lipinski definition) is 2. The van der Waals surface area contributed by atoms with Crippen LogP contribution < -0.4 is 10.0 Å². The molecular weight excluding hydrogens is 477 g/mol. The number of benzene rings is 2. The van der Waals surface area contributed by atoms with Gasteiger partial charge in [0, 0.05) is 34.7 Å². The number of nitrogens with one attached hydrogen (secondary N) is 2. The molecule has 11 heteroatoms. The fraction of sp³-hybridized carbons (Fsp3) is 0.0909. The molecule has 0 amide bonds. The molecule has 0 spiro atoms. The molecule has 33 heavy (non-hydrogen) atoms. The van der Waals surface area contributed by atoms with Crippen LogP contribution in [0.3, 0.4) is 0 Å². The van der Waals surface area contributed by atoms with Crippen LogP contribution in [0.4, 0.5) is 30.4 Å². The number of hydrogen-bond acceptors (Lipinski definition) is 5. The summed E-state index contributed by atoms with van der Waals surface area (Å²) in [4.78, 5) is 8.28. The molecule has 0 aliphatic heterocycles. The topological polar surface area (TPSA) is 84.0 Å². The van der Waals surface area contributed by atoms with E-state index in [4.69, 9.17) is 0 Å². The zero-order valence-electron chi connectivity index (χ0n) is 17.1. The molecule has 0 fully saturated rings. The minimum Gasteiger partial charge on any atom is -0.339 e. The molecule has 2 aromatic heterocycles. The summed E-state index contributed by atoms with van der Waals surface area (Å²) >= 11 is 0. The lowest BCUT2D eigenvalue weighted by Gasteiger charge is -2.15. The van der Waals surface area contributed by atoms with Crippen LogP contribution in [0.1, 0.15) is 5.56 Å². The second kappa shape index (κ2) is 9.24. The Labute approximate surface area is 194 Å². The molecular formula is C22H18ClF3N4O2S. The van der Waals surface area contributed by atoms with Crippen molar-refractivity contribution in [3.05, 3.63) is 78.6 Å². The fourth-order valence-electron chi connectivity index (χ4n) is 3.22. The smallest absolute Gasteiger partial charge is 0.339 e. The Morgan fingerprint density at radius 3 is 2.30 bits per heavy atom. The standard InChI is InChI=1S/C22H17F3N4O2S.ClH/c1-32(30,31)29-16-9-7-14(8-10-16)15-12-17-19(27-13-15)5-2-6-20(17)28-21-18(22(23,24)25)4-3-11-26-21;/h2-13,29H,1H3,(H,26,28);1H. The van der Waals surface area contributed by atoms with Gasteiger partial charge in [-0.25, -0.2) is 13.4 Å². The van der Waals surface area contributed by atoms with Gasteiger partial charge in [0.2, 0.25) is 10.0 Å². The van der Waals surface area contributed by atoms with Gasteiger partial charge >= 0.3 is 6.18 Å². The maximum atomic E-state index is 13.4. The van der Waals surface area contributed by atoms with Crippen LogP contribution in [0.2, 0.25) is 0 Å². The van der Waals surface area contributed by atoms with E-state index in [0.29, 0.717) is 22.3 Å². The van der Waals surface area contributed by atoms with Gasteiger partial charge in [-0.05, 0) is 48.0 Å². The Morgan fingerprint density at radius 2 is 1.64 bits per heavy atom. The molecule has 2 N–H and O–H groups in total. The predicted molar refractivity (Wildman–Crippen MR) is 125 cm³/mol. The van der Waals surface area contributed by atoms with Crippen LogP contribution in [-0.4, -0.2) is 24.6 Å². The van der Waals surface area contributed by atoms with E-state index in [-0.39, 0.29) is 18.2 Å². The third-order valence-corrected chi connectivity index (χ3v) is 5.22. The highest BCUT2D eigenvalue weighted by Crippen LogP contribution is 2.36. The van der Waals surface area contributed by atoms with Crippen molar-refractivity contribution in [3.63, 3.8) is 0 Å². The fourth-order valence-corrected chi connectivity index (χ4v) is 3.79. The highest BCUT2D eigenvalue weighted by atomic mass is 35.5. The van der Waals surface area contributed by atoms with E-state index < -0.39 is 21.8 Å². The lowest BCUT2D eigenvalue weighted by atomic mass is 10.0. The first-order chi connectivity index (χ1) is 15.1. The first-order valence-electron chi connectivity index (χ1n) is 9.36. The van der Waals surface area contributed by atoms with E-state index in [2.05, 4.69) is 20.0 Å². The molecule has 0 atom stereocenters. The molecule has 0 unspecified atom stereocenters. The Balaban J connectivity index is 0.00000306. The number of halogens is 4. The van der Waals surface area contributed by atoms with Crippen molar-refractivity contribution in [1.82, 2.24) is 9.97 Å². The molecule has 4 rings (SSSR count). The second-order valence-corrected chi connectivity index (χ2v) is 8.82. The van der Waals surface area contributed by atoms with E-state index in [1.54, 1.807) is 54.7 Å². The first kappa shape index (κ1) is 24.3. The zero-order chi connectivity index (χ0) is 22.9. The van der Waals surface area contributed by atoms with Gasteiger partial charge in [-0.15, -0.1) is 12.4 Å². The SMILES string of the molecule is CS(=O)(=O)Nc1ccc(-c2cnc3cccc(Nc4ncccc4C(F)(F)F)c3c2)cc1.Cl. The summed E-state index contributed by atoms with van der Waals surface area (Å²) in [6.07, 6.45) is -0.549. The average molecular weight is 495 g/mol.